The van der Waals surface area contributed by atoms with Crippen LogP contribution in [0.15, 0.2) is 11.6 Å². The average Bonchev–Trinajstić information content (AvgIpc) is 3.10. The number of carbonyl (C=O) groups is 2. The molecule has 24 heavy (non-hydrogen) atoms. The summed E-state index contributed by atoms with van der Waals surface area (Å²) >= 11 is 0. The Morgan fingerprint density at radius 3 is 2.33 bits per heavy atom. The highest BCUT2D eigenvalue weighted by molar-refractivity contribution is 5.67. The van der Waals surface area contributed by atoms with Crippen molar-refractivity contribution in [2.75, 3.05) is 0 Å². The maximum atomic E-state index is 11.6. The summed E-state index contributed by atoms with van der Waals surface area (Å²) in [6.07, 6.45) is 4.87. The number of fused-ring (bicyclic) bond motifs is 1. The van der Waals surface area contributed by atoms with E-state index < -0.39 is 11.5 Å². The van der Waals surface area contributed by atoms with Crippen LogP contribution < -0.4 is 0 Å². The Bertz CT molecular complexity index is 536. The highest BCUT2D eigenvalue weighted by atomic mass is 16.6. The van der Waals surface area contributed by atoms with Crippen LogP contribution in [0.3, 0.4) is 0 Å². The van der Waals surface area contributed by atoms with Gasteiger partial charge in [0, 0.05) is 19.3 Å². The van der Waals surface area contributed by atoms with Gasteiger partial charge < -0.3 is 14.2 Å². The van der Waals surface area contributed by atoms with Crippen molar-refractivity contribution in [2.45, 2.75) is 91.1 Å². The van der Waals surface area contributed by atoms with Gasteiger partial charge in [-0.3, -0.25) is 9.59 Å². The van der Waals surface area contributed by atoms with E-state index in [1.807, 2.05) is 26.8 Å². The van der Waals surface area contributed by atoms with Crippen LogP contribution in [-0.4, -0.2) is 35.9 Å². The van der Waals surface area contributed by atoms with Crippen molar-refractivity contribution in [2.24, 2.45) is 5.41 Å². The minimum absolute atomic E-state index is 0.129. The van der Waals surface area contributed by atoms with Crippen molar-refractivity contribution in [3.8, 4) is 0 Å². The van der Waals surface area contributed by atoms with Gasteiger partial charge in [0.15, 0.2) is 0 Å². The van der Waals surface area contributed by atoms with E-state index in [1.165, 1.54) is 13.8 Å². The highest BCUT2D eigenvalue weighted by Gasteiger charge is 2.52. The Balaban J connectivity index is 2.34. The van der Waals surface area contributed by atoms with Crippen molar-refractivity contribution in [1.82, 2.24) is 0 Å². The number of carbonyl (C=O) groups excluding carboxylic acids is 2. The van der Waals surface area contributed by atoms with E-state index >= 15 is 0 Å². The zero-order valence-corrected chi connectivity index (χ0v) is 15.7. The third-order valence-corrected chi connectivity index (χ3v) is 5.34. The van der Waals surface area contributed by atoms with Gasteiger partial charge in [0.25, 0.3) is 0 Å². The van der Waals surface area contributed by atoms with Crippen molar-refractivity contribution in [1.29, 1.82) is 0 Å². The van der Waals surface area contributed by atoms with E-state index in [2.05, 4.69) is 6.92 Å². The number of epoxide rings is 1. The van der Waals surface area contributed by atoms with Crippen LogP contribution in [0.25, 0.3) is 0 Å². The van der Waals surface area contributed by atoms with Gasteiger partial charge in [-0.1, -0.05) is 19.4 Å². The maximum absolute atomic E-state index is 11.6. The third-order valence-electron chi connectivity index (χ3n) is 5.34. The Kier molecular flexibility index (Phi) is 5.43. The quantitative estimate of drug-likeness (QED) is 0.438. The molecule has 4 atom stereocenters. The largest absolute Gasteiger partial charge is 0.462 e. The molecular formula is C19H30O5. The Morgan fingerprint density at radius 2 is 1.75 bits per heavy atom. The number of ether oxygens (including phenoxy) is 3. The zero-order valence-electron chi connectivity index (χ0n) is 15.7. The van der Waals surface area contributed by atoms with Gasteiger partial charge in [0.2, 0.25) is 0 Å². The van der Waals surface area contributed by atoms with Crippen molar-refractivity contribution in [3.05, 3.63) is 11.6 Å². The van der Waals surface area contributed by atoms with Crippen molar-refractivity contribution >= 4 is 11.9 Å². The first-order valence-corrected chi connectivity index (χ1v) is 8.74. The van der Waals surface area contributed by atoms with E-state index in [9.17, 15) is 9.59 Å². The first-order valence-electron chi connectivity index (χ1n) is 8.74. The van der Waals surface area contributed by atoms with Gasteiger partial charge in [-0.2, -0.15) is 0 Å². The molecule has 0 radical (unpaired) electrons. The van der Waals surface area contributed by atoms with Crippen molar-refractivity contribution in [3.63, 3.8) is 0 Å². The summed E-state index contributed by atoms with van der Waals surface area (Å²) in [6, 6.07) is 0. The molecule has 5 nitrogen and oxygen atoms in total. The lowest BCUT2D eigenvalue weighted by Crippen LogP contribution is -2.44. The predicted molar refractivity (Wildman–Crippen MR) is 90.4 cm³/mol. The summed E-state index contributed by atoms with van der Waals surface area (Å²) in [6.45, 7) is 11.0. The molecule has 0 aromatic rings. The van der Waals surface area contributed by atoms with E-state index in [4.69, 9.17) is 14.2 Å². The second-order valence-electron chi connectivity index (χ2n) is 7.96. The normalized spacial score (nSPS) is 37.9. The van der Waals surface area contributed by atoms with Gasteiger partial charge in [-0.15, -0.1) is 0 Å². The molecule has 1 saturated heterocycles. The van der Waals surface area contributed by atoms with Gasteiger partial charge in [-0.05, 0) is 45.6 Å². The zero-order chi connectivity index (χ0) is 18.1. The molecule has 1 heterocycles. The number of allylic oxidation sites excluding steroid dienone is 1. The predicted octanol–water partition coefficient (Wildman–Crippen LogP) is 3.55. The summed E-state index contributed by atoms with van der Waals surface area (Å²) < 4.78 is 17.1. The Hall–Kier alpha value is -1.36. The highest BCUT2D eigenvalue weighted by Crippen LogP contribution is 2.46. The first kappa shape index (κ1) is 19.0. The molecule has 2 rings (SSSR count). The number of hydrogen-bond acceptors (Lipinski definition) is 5. The Morgan fingerprint density at radius 1 is 1.12 bits per heavy atom. The van der Waals surface area contributed by atoms with Crippen LogP contribution in [0, 0.1) is 5.41 Å². The van der Waals surface area contributed by atoms with Crippen LogP contribution in [0.1, 0.15) is 67.2 Å². The molecule has 0 unspecified atom stereocenters. The van der Waals surface area contributed by atoms with E-state index in [-0.39, 0.29) is 29.7 Å². The maximum Gasteiger partial charge on any atom is 0.303 e. The Labute approximate surface area is 144 Å². The fourth-order valence-corrected chi connectivity index (χ4v) is 3.54. The van der Waals surface area contributed by atoms with Gasteiger partial charge in [0.05, 0.1) is 11.7 Å². The molecule has 5 heteroatoms. The summed E-state index contributed by atoms with van der Waals surface area (Å²) in [5, 5.41) is 0. The second-order valence-corrected chi connectivity index (χ2v) is 7.96. The summed E-state index contributed by atoms with van der Waals surface area (Å²) in [5.74, 6) is -0.643. The molecule has 1 aliphatic carbocycles. The van der Waals surface area contributed by atoms with Crippen LogP contribution in [0.4, 0.5) is 0 Å². The minimum Gasteiger partial charge on any atom is -0.462 e. The number of esters is 2. The lowest BCUT2D eigenvalue weighted by molar-refractivity contribution is -0.165. The molecular weight excluding hydrogens is 308 g/mol. The third kappa shape index (κ3) is 4.38. The minimum atomic E-state index is -0.524. The van der Waals surface area contributed by atoms with Gasteiger partial charge >= 0.3 is 11.9 Å². The van der Waals surface area contributed by atoms with Crippen molar-refractivity contribution < 1.29 is 23.8 Å². The molecule has 1 aliphatic heterocycles. The standard InChI is InChI=1S/C19H30O5/c1-12-7-8-16-19(6,24-16)10-9-15(22-13(2)20)18(4,5)17(11-12)23-14(3)21/h11,15-17H,7-10H2,1-6H3/b12-11-/t15-,16-,17-,19+/m0/s1. The smallest absolute Gasteiger partial charge is 0.303 e. The molecule has 2 aliphatic rings. The van der Waals surface area contributed by atoms with Crippen LogP contribution in [-0.2, 0) is 23.8 Å². The molecule has 1 fully saturated rings. The molecule has 0 saturated carbocycles. The first-order chi connectivity index (χ1) is 11.0. The van der Waals surface area contributed by atoms with E-state index in [0.717, 1.165) is 24.8 Å². The van der Waals surface area contributed by atoms with Gasteiger partial charge in [0.1, 0.15) is 12.2 Å². The second kappa shape index (κ2) is 6.87. The fourth-order valence-electron chi connectivity index (χ4n) is 3.54. The van der Waals surface area contributed by atoms with Gasteiger partial charge in [-0.25, -0.2) is 0 Å². The molecule has 0 aromatic heterocycles. The molecule has 0 amide bonds. The van der Waals surface area contributed by atoms with Crippen LogP contribution >= 0.6 is 0 Å². The average molecular weight is 338 g/mol. The number of hydrogen-bond donors (Lipinski definition) is 0. The topological polar surface area (TPSA) is 65.1 Å². The molecule has 0 bridgehead atoms. The van der Waals surface area contributed by atoms with Crippen LogP contribution in [0.2, 0.25) is 0 Å². The monoisotopic (exact) mass is 338 g/mol. The molecule has 0 spiro atoms. The van der Waals surface area contributed by atoms with E-state index in [1.54, 1.807) is 0 Å². The molecule has 136 valence electrons. The molecule has 0 aromatic carbocycles. The van der Waals surface area contributed by atoms with E-state index in [0.29, 0.717) is 6.42 Å². The lowest BCUT2D eigenvalue weighted by atomic mass is 9.77. The summed E-state index contributed by atoms with van der Waals surface area (Å²) in [4.78, 5) is 23.2. The fraction of sp³-hybridized carbons (Fsp3) is 0.789. The lowest BCUT2D eigenvalue weighted by Gasteiger charge is -2.38. The number of rotatable bonds is 2. The summed E-state index contributed by atoms with van der Waals surface area (Å²) in [5.41, 5.74) is 0.510. The SMILES string of the molecule is CC(=O)O[C@H]1/C=C(/C)CC[C@@H]2O[C@]2(C)CC[C@H](OC(C)=O)C1(C)C. The van der Waals surface area contributed by atoms with Crippen LogP contribution in [0.5, 0.6) is 0 Å². The summed E-state index contributed by atoms with van der Waals surface area (Å²) in [7, 11) is 0. The molecule has 0 N–H and O–H groups in total.